The number of pyridine rings is 1. The SMILES string of the molecule is COc1ccc([C@@]23CCC(=NNC(=O)c4cccnc4)C[C@@H]2NC(C)C3)cc1OC. The lowest BCUT2D eigenvalue weighted by Gasteiger charge is -2.40. The van der Waals surface area contributed by atoms with Crippen molar-refractivity contribution in [2.45, 2.75) is 50.1 Å². The Morgan fingerprint density at radius 3 is 2.83 bits per heavy atom. The normalized spacial score (nSPS) is 26.8. The van der Waals surface area contributed by atoms with Gasteiger partial charge >= 0.3 is 0 Å². The van der Waals surface area contributed by atoms with Crippen LogP contribution < -0.4 is 20.2 Å². The molecule has 2 heterocycles. The van der Waals surface area contributed by atoms with Crippen molar-refractivity contribution in [1.29, 1.82) is 0 Å². The minimum absolute atomic E-state index is 0.0192. The van der Waals surface area contributed by atoms with Crippen LogP contribution >= 0.6 is 0 Å². The predicted octanol–water partition coefficient (Wildman–Crippen LogP) is 3.06. The van der Waals surface area contributed by atoms with E-state index in [-0.39, 0.29) is 17.4 Å². The molecule has 0 bridgehead atoms. The summed E-state index contributed by atoms with van der Waals surface area (Å²) in [6.07, 6.45) is 6.84. The average Bonchev–Trinajstić information content (AvgIpc) is 3.13. The molecule has 30 heavy (non-hydrogen) atoms. The highest BCUT2D eigenvalue weighted by Gasteiger charge is 2.49. The number of carbonyl (C=O) groups is 1. The Kier molecular flexibility index (Phi) is 5.72. The van der Waals surface area contributed by atoms with Gasteiger partial charge in [-0.25, -0.2) is 5.43 Å². The van der Waals surface area contributed by atoms with E-state index in [0.717, 1.165) is 42.9 Å². The maximum absolute atomic E-state index is 12.3. The van der Waals surface area contributed by atoms with Gasteiger partial charge in [-0.2, -0.15) is 5.10 Å². The van der Waals surface area contributed by atoms with Gasteiger partial charge in [-0.05, 0) is 56.0 Å². The molecule has 0 spiro atoms. The summed E-state index contributed by atoms with van der Waals surface area (Å²) in [7, 11) is 3.32. The highest BCUT2D eigenvalue weighted by Crippen LogP contribution is 2.48. The van der Waals surface area contributed by atoms with E-state index in [2.05, 4.69) is 39.9 Å². The number of fused-ring (bicyclic) bond motifs is 1. The van der Waals surface area contributed by atoms with Crippen LogP contribution in [0, 0.1) is 0 Å². The molecule has 1 amide bonds. The Hall–Kier alpha value is -2.93. The molecule has 1 aliphatic carbocycles. The Bertz CT molecular complexity index is 947. The van der Waals surface area contributed by atoms with E-state index >= 15 is 0 Å². The summed E-state index contributed by atoms with van der Waals surface area (Å²) in [6, 6.07) is 10.4. The maximum atomic E-state index is 12.3. The van der Waals surface area contributed by atoms with Crippen LogP contribution in [0.5, 0.6) is 11.5 Å². The summed E-state index contributed by atoms with van der Waals surface area (Å²) >= 11 is 0. The van der Waals surface area contributed by atoms with Gasteiger partial charge in [0.1, 0.15) is 0 Å². The second kappa shape index (κ2) is 8.44. The number of amides is 1. The van der Waals surface area contributed by atoms with Crippen LogP contribution in [0.2, 0.25) is 0 Å². The van der Waals surface area contributed by atoms with E-state index in [0.29, 0.717) is 11.6 Å². The fourth-order valence-electron chi connectivity index (χ4n) is 4.89. The second-order valence-electron chi connectivity index (χ2n) is 8.12. The molecule has 2 fully saturated rings. The first-order valence-corrected chi connectivity index (χ1v) is 10.3. The quantitative estimate of drug-likeness (QED) is 0.743. The van der Waals surface area contributed by atoms with Crippen molar-refractivity contribution in [3.8, 4) is 11.5 Å². The lowest BCUT2D eigenvalue weighted by molar-refractivity contribution is 0.0954. The van der Waals surface area contributed by atoms with Crippen molar-refractivity contribution in [2.75, 3.05) is 14.2 Å². The third-order valence-corrected chi connectivity index (χ3v) is 6.32. The number of benzene rings is 1. The lowest BCUT2D eigenvalue weighted by Crippen LogP contribution is -2.46. The number of aromatic nitrogens is 1. The topological polar surface area (TPSA) is 84.8 Å². The molecular formula is C23H28N4O3. The molecule has 1 saturated carbocycles. The van der Waals surface area contributed by atoms with Crippen molar-refractivity contribution in [1.82, 2.24) is 15.7 Å². The Morgan fingerprint density at radius 2 is 2.10 bits per heavy atom. The van der Waals surface area contributed by atoms with Crippen LogP contribution in [-0.2, 0) is 5.41 Å². The zero-order valence-electron chi connectivity index (χ0n) is 17.6. The molecule has 1 aromatic carbocycles. The zero-order valence-corrected chi connectivity index (χ0v) is 17.6. The van der Waals surface area contributed by atoms with E-state index in [1.807, 2.05) is 6.07 Å². The van der Waals surface area contributed by atoms with Crippen LogP contribution in [0.25, 0.3) is 0 Å². The van der Waals surface area contributed by atoms with Crippen LogP contribution in [0.1, 0.15) is 48.5 Å². The van der Waals surface area contributed by atoms with Crippen LogP contribution in [0.3, 0.4) is 0 Å². The minimum Gasteiger partial charge on any atom is -0.493 e. The molecular weight excluding hydrogens is 380 g/mol. The number of ether oxygens (including phenoxy) is 2. The molecule has 7 heteroatoms. The Balaban J connectivity index is 1.54. The number of carbonyl (C=O) groups excluding carboxylic acids is 1. The number of hydrogen-bond acceptors (Lipinski definition) is 6. The third kappa shape index (κ3) is 3.77. The first kappa shape index (κ1) is 20.3. The number of hydrogen-bond donors (Lipinski definition) is 2. The second-order valence-corrected chi connectivity index (χ2v) is 8.12. The molecule has 1 saturated heterocycles. The molecule has 1 aromatic heterocycles. The van der Waals surface area contributed by atoms with Crippen molar-refractivity contribution < 1.29 is 14.3 Å². The molecule has 3 atom stereocenters. The van der Waals surface area contributed by atoms with E-state index in [9.17, 15) is 4.79 Å². The highest BCUT2D eigenvalue weighted by molar-refractivity contribution is 5.95. The number of hydrazone groups is 1. The van der Waals surface area contributed by atoms with Gasteiger partial charge in [0, 0.05) is 42.0 Å². The molecule has 158 valence electrons. The van der Waals surface area contributed by atoms with Gasteiger partial charge in [0.25, 0.3) is 5.91 Å². The van der Waals surface area contributed by atoms with Gasteiger partial charge in [-0.3, -0.25) is 9.78 Å². The first-order valence-electron chi connectivity index (χ1n) is 10.3. The first-order chi connectivity index (χ1) is 14.6. The van der Waals surface area contributed by atoms with Gasteiger partial charge in [-0.1, -0.05) is 6.07 Å². The lowest BCUT2D eigenvalue weighted by atomic mass is 9.65. The molecule has 7 nitrogen and oxygen atoms in total. The van der Waals surface area contributed by atoms with Gasteiger partial charge in [0.2, 0.25) is 0 Å². The van der Waals surface area contributed by atoms with Gasteiger partial charge in [0.05, 0.1) is 19.8 Å². The highest BCUT2D eigenvalue weighted by atomic mass is 16.5. The number of rotatable bonds is 5. The largest absolute Gasteiger partial charge is 0.493 e. The number of nitrogens with zero attached hydrogens (tertiary/aromatic N) is 2. The summed E-state index contributed by atoms with van der Waals surface area (Å²) in [6.45, 7) is 2.22. The summed E-state index contributed by atoms with van der Waals surface area (Å²) < 4.78 is 11.0. The molecule has 0 radical (unpaired) electrons. The summed E-state index contributed by atoms with van der Waals surface area (Å²) in [5.41, 5.74) is 5.49. The number of methoxy groups -OCH3 is 2. The van der Waals surface area contributed by atoms with E-state index < -0.39 is 0 Å². The van der Waals surface area contributed by atoms with Crippen LogP contribution in [0.4, 0.5) is 0 Å². The smallest absolute Gasteiger partial charge is 0.272 e. The van der Waals surface area contributed by atoms with Crippen molar-refractivity contribution in [2.24, 2.45) is 5.10 Å². The van der Waals surface area contributed by atoms with Crippen LogP contribution in [-0.4, -0.2) is 42.9 Å². The van der Waals surface area contributed by atoms with Gasteiger partial charge < -0.3 is 14.8 Å². The van der Waals surface area contributed by atoms with E-state index in [4.69, 9.17) is 9.47 Å². The van der Waals surface area contributed by atoms with Gasteiger partial charge in [-0.15, -0.1) is 0 Å². The molecule has 4 rings (SSSR count). The molecule has 1 unspecified atom stereocenters. The van der Waals surface area contributed by atoms with E-state index in [1.54, 1.807) is 38.7 Å². The third-order valence-electron chi connectivity index (χ3n) is 6.32. The summed E-state index contributed by atoms with van der Waals surface area (Å²) in [4.78, 5) is 16.3. The zero-order chi connectivity index (χ0) is 21.1. The average molecular weight is 409 g/mol. The monoisotopic (exact) mass is 408 g/mol. The van der Waals surface area contributed by atoms with Crippen molar-refractivity contribution >= 4 is 11.6 Å². The fraction of sp³-hybridized carbons (Fsp3) is 0.435. The molecule has 2 N–H and O–H groups in total. The molecule has 2 aliphatic rings. The Labute approximate surface area is 176 Å². The van der Waals surface area contributed by atoms with E-state index in [1.165, 1.54) is 5.56 Å². The van der Waals surface area contributed by atoms with Crippen LogP contribution in [0.15, 0.2) is 47.8 Å². The standard InChI is InChI=1S/C23H28N4O3/c1-15-13-23(17-6-7-19(29-2)20(11-17)30-3)9-8-18(12-21(23)25-15)26-27-22(28)16-5-4-10-24-14-16/h4-7,10-11,14-15,21,25H,8-9,12-13H2,1-3H3,(H,27,28)/t15?,21-,23-/m0/s1. The minimum atomic E-state index is -0.236. The summed E-state index contributed by atoms with van der Waals surface area (Å²) in [5.74, 6) is 1.26. The fourth-order valence-corrected chi connectivity index (χ4v) is 4.89. The molecule has 2 aromatic rings. The molecule has 1 aliphatic heterocycles. The van der Waals surface area contributed by atoms with Crippen molar-refractivity contribution in [3.63, 3.8) is 0 Å². The summed E-state index contributed by atoms with van der Waals surface area (Å²) in [5, 5.41) is 8.17. The Morgan fingerprint density at radius 1 is 1.27 bits per heavy atom. The number of nitrogens with one attached hydrogen (secondary N) is 2. The van der Waals surface area contributed by atoms with Gasteiger partial charge in [0.15, 0.2) is 11.5 Å². The maximum Gasteiger partial charge on any atom is 0.272 e. The predicted molar refractivity (Wildman–Crippen MR) is 115 cm³/mol. The van der Waals surface area contributed by atoms with Crippen molar-refractivity contribution in [3.05, 3.63) is 53.9 Å².